The van der Waals surface area contributed by atoms with Crippen molar-refractivity contribution in [2.45, 2.75) is 26.2 Å². The summed E-state index contributed by atoms with van der Waals surface area (Å²) >= 11 is 0. The van der Waals surface area contributed by atoms with Crippen LogP contribution in [0.3, 0.4) is 0 Å². The first-order chi connectivity index (χ1) is 21.0. The molecule has 5 aromatic carbocycles. The van der Waals surface area contributed by atoms with Gasteiger partial charge >= 0.3 is 0 Å². The van der Waals surface area contributed by atoms with E-state index in [1.165, 1.54) is 38.8 Å². The zero-order valence-electron chi connectivity index (χ0n) is 24.6. The normalized spacial score (nSPS) is 13.1. The summed E-state index contributed by atoms with van der Waals surface area (Å²) in [4.78, 5) is 7.21. The van der Waals surface area contributed by atoms with Gasteiger partial charge in [-0.3, -0.25) is 4.98 Å². The minimum Gasteiger partial charge on any atom is -0.458 e. The fraction of sp³-hybridized carbons (Fsp3) is 0.103. The molecule has 2 aliphatic rings. The van der Waals surface area contributed by atoms with Crippen LogP contribution in [0, 0.1) is 0 Å². The van der Waals surface area contributed by atoms with E-state index >= 15 is 0 Å². The van der Waals surface area contributed by atoms with E-state index in [0.29, 0.717) is 0 Å². The third-order valence-corrected chi connectivity index (χ3v) is 8.74. The first-order valence-corrected chi connectivity index (χ1v) is 14.9. The number of rotatable bonds is 3. The Hall–Kier alpha value is -5.09. The van der Waals surface area contributed by atoms with Gasteiger partial charge in [-0.05, 0) is 92.6 Å². The molecule has 0 radical (unpaired) electrons. The van der Waals surface area contributed by atoms with Crippen LogP contribution in [-0.4, -0.2) is 11.7 Å². The van der Waals surface area contributed by atoms with Crippen LogP contribution in [0.2, 0.25) is 0 Å². The van der Waals surface area contributed by atoms with Crippen molar-refractivity contribution in [2.75, 3.05) is 4.90 Å². The number of pyridine rings is 1. The summed E-state index contributed by atoms with van der Waals surface area (Å²) in [5, 5.41) is 0. The largest absolute Gasteiger partial charge is 0.458 e. The molecule has 3 heterocycles. The van der Waals surface area contributed by atoms with Crippen molar-refractivity contribution in [3.05, 3.63) is 139 Å². The minimum atomic E-state index is 0.0133. The standard InChI is InChI=1S/C39H31BN2O/c1-39(2,3)29-21-22-41-33(25-29)28-17-19-34-31(24-28)40-32-23-27(26-11-6-4-7-12-26)18-20-36(32)43-37-16-10-15-35(38(37)40)42(34)30-13-8-5-9-14-30/h4-25H,1-3H3. The predicted octanol–water partition coefficient (Wildman–Crippen LogP) is 8.12. The Balaban J connectivity index is 1.38. The zero-order chi connectivity index (χ0) is 29.1. The highest BCUT2D eigenvalue weighted by Gasteiger charge is 2.42. The number of benzene rings is 5. The summed E-state index contributed by atoms with van der Waals surface area (Å²) in [6, 6.07) is 45.5. The third-order valence-electron chi connectivity index (χ3n) is 8.74. The second-order valence-corrected chi connectivity index (χ2v) is 12.5. The molecule has 2 aliphatic heterocycles. The lowest BCUT2D eigenvalue weighted by atomic mass is 9.34. The van der Waals surface area contributed by atoms with Gasteiger partial charge in [-0.25, -0.2) is 0 Å². The molecule has 0 N–H and O–H groups in total. The lowest BCUT2D eigenvalue weighted by Gasteiger charge is -2.40. The Morgan fingerprint density at radius 1 is 0.605 bits per heavy atom. The first-order valence-electron chi connectivity index (χ1n) is 14.9. The Bertz CT molecular complexity index is 2000. The van der Waals surface area contributed by atoms with Crippen molar-refractivity contribution in [1.82, 2.24) is 4.98 Å². The number of para-hydroxylation sites is 1. The molecule has 0 bridgehead atoms. The molecule has 0 unspecified atom stereocenters. The molecule has 43 heavy (non-hydrogen) atoms. The van der Waals surface area contributed by atoms with E-state index in [-0.39, 0.29) is 12.1 Å². The molecule has 6 aromatic rings. The molecule has 0 spiro atoms. The highest BCUT2D eigenvalue weighted by molar-refractivity contribution is 6.99. The van der Waals surface area contributed by atoms with E-state index in [0.717, 1.165) is 34.1 Å². The smallest absolute Gasteiger partial charge is 0.256 e. The van der Waals surface area contributed by atoms with Crippen molar-refractivity contribution >= 4 is 40.2 Å². The van der Waals surface area contributed by atoms with Crippen LogP contribution in [-0.2, 0) is 5.41 Å². The lowest BCUT2D eigenvalue weighted by Crippen LogP contribution is -2.59. The molecular formula is C39H31BN2O. The fourth-order valence-corrected chi connectivity index (χ4v) is 6.57. The van der Waals surface area contributed by atoms with Crippen LogP contribution in [0.15, 0.2) is 134 Å². The second-order valence-electron chi connectivity index (χ2n) is 12.5. The number of anilines is 3. The molecule has 0 aliphatic carbocycles. The van der Waals surface area contributed by atoms with Gasteiger partial charge in [0.1, 0.15) is 11.5 Å². The zero-order valence-corrected chi connectivity index (χ0v) is 24.6. The van der Waals surface area contributed by atoms with E-state index in [1.54, 1.807) is 0 Å². The van der Waals surface area contributed by atoms with Crippen molar-refractivity contribution in [1.29, 1.82) is 0 Å². The average molecular weight is 555 g/mol. The molecule has 4 heteroatoms. The van der Waals surface area contributed by atoms with Crippen LogP contribution in [0.5, 0.6) is 11.5 Å². The second kappa shape index (κ2) is 9.74. The van der Waals surface area contributed by atoms with Crippen molar-refractivity contribution in [3.8, 4) is 33.9 Å². The number of nitrogens with zero attached hydrogens (tertiary/aromatic N) is 2. The van der Waals surface area contributed by atoms with E-state index < -0.39 is 0 Å². The Labute approximate surface area is 253 Å². The maximum absolute atomic E-state index is 6.64. The van der Waals surface area contributed by atoms with Gasteiger partial charge in [0, 0.05) is 23.3 Å². The molecule has 0 saturated heterocycles. The van der Waals surface area contributed by atoms with Crippen molar-refractivity contribution < 1.29 is 4.74 Å². The van der Waals surface area contributed by atoms with E-state index in [2.05, 4.69) is 153 Å². The number of aromatic nitrogens is 1. The number of ether oxygens (including phenoxy) is 1. The fourth-order valence-electron chi connectivity index (χ4n) is 6.57. The quantitative estimate of drug-likeness (QED) is 0.206. The third kappa shape index (κ3) is 4.25. The highest BCUT2D eigenvalue weighted by Crippen LogP contribution is 2.41. The van der Waals surface area contributed by atoms with Crippen LogP contribution in [0.1, 0.15) is 26.3 Å². The summed E-state index contributed by atoms with van der Waals surface area (Å²) in [6.45, 7) is 6.76. The summed E-state index contributed by atoms with van der Waals surface area (Å²) in [5.74, 6) is 1.82. The monoisotopic (exact) mass is 554 g/mol. The van der Waals surface area contributed by atoms with Crippen LogP contribution in [0.25, 0.3) is 22.4 Å². The molecule has 8 rings (SSSR count). The van der Waals surface area contributed by atoms with Crippen LogP contribution in [0.4, 0.5) is 17.1 Å². The summed E-state index contributed by atoms with van der Waals surface area (Å²) in [7, 11) is 0. The van der Waals surface area contributed by atoms with E-state index in [1.807, 2.05) is 6.20 Å². The lowest BCUT2D eigenvalue weighted by molar-refractivity contribution is 0.487. The highest BCUT2D eigenvalue weighted by atomic mass is 16.5. The Morgan fingerprint density at radius 2 is 1.35 bits per heavy atom. The summed E-state index contributed by atoms with van der Waals surface area (Å²) < 4.78 is 6.64. The molecule has 0 atom stereocenters. The van der Waals surface area contributed by atoms with Gasteiger partial charge in [-0.15, -0.1) is 0 Å². The van der Waals surface area contributed by atoms with Gasteiger partial charge in [0.25, 0.3) is 6.71 Å². The summed E-state index contributed by atoms with van der Waals surface area (Å²) in [6.07, 6.45) is 1.94. The molecule has 206 valence electrons. The maximum atomic E-state index is 6.64. The van der Waals surface area contributed by atoms with Gasteiger partial charge in [-0.2, -0.15) is 0 Å². The van der Waals surface area contributed by atoms with E-state index in [4.69, 9.17) is 9.72 Å². The van der Waals surface area contributed by atoms with Crippen molar-refractivity contribution in [3.63, 3.8) is 0 Å². The number of hydrogen-bond acceptors (Lipinski definition) is 3. The number of fused-ring (bicyclic) bond motifs is 4. The van der Waals surface area contributed by atoms with Gasteiger partial charge in [0.2, 0.25) is 0 Å². The number of hydrogen-bond donors (Lipinski definition) is 0. The molecule has 0 fully saturated rings. The van der Waals surface area contributed by atoms with Gasteiger partial charge < -0.3 is 9.64 Å². The van der Waals surface area contributed by atoms with Crippen LogP contribution < -0.4 is 26.0 Å². The van der Waals surface area contributed by atoms with E-state index in [9.17, 15) is 0 Å². The Morgan fingerprint density at radius 3 is 2.14 bits per heavy atom. The molecule has 1 aromatic heterocycles. The minimum absolute atomic E-state index is 0.0133. The first kappa shape index (κ1) is 25.6. The predicted molar refractivity (Wildman–Crippen MR) is 180 cm³/mol. The van der Waals surface area contributed by atoms with Crippen molar-refractivity contribution in [2.24, 2.45) is 0 Å². The average Bonchev–Trinajstić information content (AvgIpc) is 3.05. The topological polar surface area (TPSA) is 25.4 Å². The van der Waals surface area contributed by atoms with Crippen LogP contribution >= 0.6 is 0 Å². The van der Waals surface area contributed by atoms with Gasteiger partial charge in [0.05, 0.1) is 5.69 Å². The SMILES string of the molecule is CC(C)(C)c1ccnc(-c2ccc3c(c2)B2c4cc(-c5ccccc5)ccc4Oc4cccc(c42)N3c2ccccc2)c1. The molecule has 0 saturated carbocycles. The molecule has 3 nitrogen and oxygen atoms in total. The Kier molecular flexibility index (Phi) is 5.80. The maximum Gasteiger partial charge on any atom is 0.256 e. The summed E-state index contributed by atoms with van der Waals surface area (Å²) in [5.41, 5.74) is 12.9. The van der Waals surface area contributed by atoms with Gasteiger partial charge in [0.15, 0.2) is 0 Å². The molecular weight excluding hydrogens is 523 g/mol. The van der Waals surface area contributed by atoms with Gasteiger partial charge in [-0.1, -0.05) is 99.6 Å². The molecule has 0 amide bonds.